The Morgan fingerprint density at radius 2 is 2.33 bits per heavy atom. The van der Waals surface area contributed by atoms with E-state index in [0.29, 0.717) is 37.8 Å². The second-order valence-electron chi connectivity index (χ2n) is 5.40. The molecule has 0 bridgehead atoms. The predicted octanol–water partition coefficient (Wildman–Crippen LogP) is 1.39. The molecule has 1 aliphatic heterocycles. The fourth-order valence-corrected chi connectivity index (χ4v) is 3.12. The van der Waals surface area contributed by atoms with Crippen molar-refractivity contribution in [3.63, 3.8) is 0 Å². The smallest absolute Gasteiger partial charge is 0.264 e. The molecular weight excluding hydrogens is 328 g/mol. The minimum atomic E-state index is -0.361. The number of hydrogen-bond acceptors (Lipinski definition) is 6. The molecule has 1 unspecified atom stereocenters. The first kappa shape index (κ1) is 16.5. The number of nitrogens with one attached hydrogen (secondary N) is 1. The molecule has 1 N–H and O–H groups in total. The Bertz CT molecular complexity index is 720. The minimum Gasteiger partial charge on any atom is -0.367 e. The van der Waals surface area contributed by atoms with Crippen LogP contribution in [0.5, 0.6) is 0 Å². The van der Waals surface area contributed by atoms with E-state index in [4.69, 9.17) is 4.74 Å². The van der Waals surface area contributed by atoms with Crippen molar-refractivity contribution in [2.24, 2.45) is 0 Å². The molecule has 1 aliphatic rings. The lowest BCUT2D eigenvalue weighted by Gasteiger charge is -2.32. The zero-order chi connectivity index (χ0) is 16.9. The molecule has 2 amide bonds. The summed E-state index contributed by atoms with van der Waals surface area (Å²) in [5, 5.41) is 4.59. The van der Waals surface area contributed by atoms with Gasteiger partial charge in [-0.3, -0.25) is 9.59 Å². The van der Waals surface area contributed by atoms with E-state index >= 15 is 0 Å². The maximum Gasteiger partial charge on any atom is 0.264 e. The molecule has 1 saturated heterocycles. The van der Waals surface area contributed by atoms with E-state index in [1.165, 1.54) is 18.3 Å². The number of nitrogens with zero attached hydrogens (tertiary/aromatic N) is 3. The number of thiophene rings is 1. The third-order valence-electron chi connectivity index (χ3n) is 3.62. The fraction of sp³-hybridized carbons (Fsp3) is 0.375. The number of morpholine rings is 1. The van der Waals surface area contributed by atoms with Gasteiger partial charge in [0.05, 0.1) is 30.3 Å². The molecule has 8 heteroatoms. The van der Waals surface area contributed by atoms with Crippen molar-refractivity contribution in [3.05, 3.63) is 46.2 Å². The normalized spacial score (nSPS) is 17.5. The van der Waals surface area contributed by atoms with Gasteiger partial charge < -0.3 is 15.0 Å². The van der Waals surface area contributed by atoms with Crippen molar-refractivity contribution in [3.8, 4) is 0 Å². The van der Waals surface area contributed by atoms with Crippen LogP contribution in [-0.4, -0.2) is 46.4 Å². The summed E-state index contributed by atoms with van der Waals surface area (Å²) >= 11 is 1.43. The second kappa shape index (κ2) is 7.50. The monoisotopic (exact) mass is 346 g/mol. The second-order valence-corrected chi connectivity index (χ2v) is 6.35. The minimum absolute atomic E-state index is 0.00713. The quantitative estimate of drug-likeness (QED) is 0.904. The van der Waals surface area contributed by atoms with E-state index < -0.39 is 0 Å². The van der Waals surface area contributed by atoms with E-state index in [1.807, 2.05) is 17.5 Å². The number of hydrogen-bond donors (Lipinski definition) is 1. The number of ether oxygens (including phenoxy) is 1. The van der Waals surface area contributed by atoms with Crippen molar-refractivity contribution >= 4 is 23.2 Å². The molecule has 3 heterocycles. The standard InChI is InChI=1S/C16H18N4O3S/c1-11(21)18-9-12-4-5-17-15(19-12)13-10-20(6-7-23-13)16(22)14-3-2-8-24-14/h2-5,8,13H,6-7,9-10H2,1H3,(H,18,21). The fourth-order valence-electron chi connectivity index (χ4n) is 2.43. The highest BCUT2D eigenvalue weighted by Crippen LogP contribution is 2.22. The Labute approximate surface area is 143 Å². The van der Waals surface area contributed by atoms with Gasteiger partial charge >= 0.3 is 0 Å². The number of rotatable bonds is 4. The highest BCUT2D eigenvalue weighted by atomic mass is 32.1. The lowest BCUT2D eigenvalue weighted by molar-refractivity contribution is -0.119. The molecule has 2 aromatic rings. The van der Waals surface area contributed by atoms with Crippen molar-refractivity contribution in [1.29, 1.82) is 0 Å². The van der Waals surface area contributed by atoms with Gasteiger partial charge in [-0.2, -0.15) is 0 Å². The molecule has 24 heavy (non-hydrogen) atoms. The highest BCUT2D eigenvalue weighted by Gasteiger charge is 2.28. The molecule has 1 atom stereocenters. The van der Waals surface area contributed by atoms with Gasteiger partial charge in [0.1, 0.15) is 6.10 Å². The molecule has 1 fully saturated rings. The Balaban J connectivity index is 1.69. The van der Waals surface area contributed by atoms with Crippen LogP contribution in [0, 0.1) is 0 Å². The van der Waals surface area contributed by atoms with Crippen molar-refractivity contribution < 1.29 is 14.3 Å². The van der Waals surface area contributed by atoms with Crippen LogP contribution in [0.2, 0.25) is 0 Å². The average Bonchev–Trinajstić information content (AvgIpc) is 3.14. The van der Waals surface area contributed by atoms with Gasteiger partial charge in [0, 0.05) is 19.7 Å². The van der Waals surface area contributed by atoms with E-state index in [0.717, 1.165) is 4.88 Å². The molecule has 0 spiro atoms. The van der Waals surface area contributed by atoms with E-state index in [-0.39, 0.29) is 17.9 Å². The van der Waals surface area contributed by atoms with Crippen LogP contribution in [-0.2, 0) is 16.1 Å². The first-order valence-corrected chi connectivity index (χ1v) is 8.52. The molecule has 0 radical (unpaired) electrons. The maximum atomic E-state index is 12.5. The predicted molar refractivity (Wildman–Crippen MR) is 88.5 cm³/mol. The average molecular weight is 346 g/mol. The summed E-state index contributed by atoms with van der Waals surface area (Å²) in [5.74, 6) is 0.422. The maximum absolute atomic E-state index is 12.5. The zero-order valence-electron chi connectivity index (χ0n) is 13.3. The van der Waals surface area contributed by atoms with Crippen LogP contribution in [0.3, 0.4) is 0 Å². The molecule has 0 aliphatic carbocycles. The van der Waals surface area contributed by atoms with Crippen LogP contribution < -0.4 is 5.32 Å². The Hall–Kier alpha value is -2.32. The molecule has 3 rings (SSSR count). The molecular formula is C16H18N4O3S. The summed E-state index contributed by atoms with van der Waals surface area (Å²) in [7, 11) is 0. The number of carbonyl (C=O) groups excluding carboxylic acids is 2. The van der Waals surface area contributed by atoms with Crippen molar-refractivity contribution in [1.82, 2.24) is 20.2 Å². The molecule has 0 aromatic carbocycles. The first-order chi connectivity index (χ1) is 11.6. The SMILES string of the molecule is CC(=O)NCc1ccnc(C2CN(C(=O)c3cccs3)CCO2)n1. The van der Waals surface area contributed by atoms with Crippen LogP contribution >= 0.6 is 11.3 Å². The summed E-state index contributed by atoms with van der Waals surface area (Å²) in [6.45, 7) is 3.22. The van der Waals surface area contributed by atoms with E-state index in [9.17, 15) is 9.59 Å². The van der Waals surface area contributed by atoms with Crippen LogP contribution in [0.4, 0.5) is 0 Å². The van der Waals surface area contributed by atoms with Crippen LogP contribution in [0.15, 0.2) is 29.8 Å². The number of amides is 2. The van der Waals surface area contributed by atoms with Gasteiger partial charge in [-0.15, -0.1) is 11.3 Å². The summed E-state index contributed by atoms with van der Waals surface area (Å²) in [6.07, 6.45) is 1.28. The van der Waals surface area contributed by atoms with Gasteiger partial charge in [0.15, 0.2) is 5.82 Å². The lowest BCUT2D eigenvalue weighted by atomic mass is 10.2. The summed E-state index contributed by atoms with van der Waals surface area (Å²) in [6, 6.07) is 5.43. The number of aromatic nitrogens is 2. The van der Waals surface area contributed by atoms with Crippen LogP contribution in [0.1, 0.15) is 34.2 Å². The largest absolute Gasteiger partial charge is 0.367 e. The van der Waals surface area contributed by atoms with Gasteiger partial charge in [-0.25, -0.2) is 9.97 Å². The molecule has 0 saturated carbocycles. The van der Waals surface area contributed by atoms with Gasteiger partial charge in [-0.05, 0) is 17.5 Å². The van der Waals surface area contributed by atoms with E-state index in [1.54, 1.807) is 17.2 Å². The lowest BCUT2D eigenvalue weighted by Crippen LogP contribution is -2.42. The van der Waals surface area contributed by atoms with E-state index in [2.05, 4.69) is 15.3 Å². The zero-order valence-corrected chi connectivity index (χ0v) is 14.1. The summed E-state index contributed by atoms with van der Waals surface area (Å²) in [5.41, 5.74) is 0.709. The van der Waals surface area contributed by atoms with Gasteiger partial charge in [-0.1, -0.05) is 6.07 Å². The summed E-state index contributed by atoms with van der Waals surface area (Å²) in [4.78, 5) is 34.7. The third kappa shape index (κ3) is 3.95. The summed E-state index contributed by atoms with van der Waals surface area (Å²) < 4.78 is 5.74. The van der Waals surface area contributed by atoms with Crippen LogP contribution in [0.25, 0.3) is 0 Å². The Kier molecular flexibility index (Phi) is 5.17. The first-order valence-electron chi connectivity index (χ1n) is 7.64. The highest BCUT2D eigenvalue weighted by molar-refractivity contribution is 7.12. The van der Waals surface area contributed by atoms with Crippen molar-refractivity contribution in [2.45, 2.75) is 19.6 Å². The molecule has 7 nitrogen and oxygen atoms in total. The molecule has 2 aromatic heterocycles. The topological polar surface area (TPSA) is 84.4 Å². The Morgan fingerprint density at radius 3 is 3.08 bits per heavy atom. The molecule has 126 valence electrons. The van der Waals surface area contributed by atoms with Gasteiger partial charge in [0.25, 0.3) is 5.91 Å². The third-order valence-corrected chi connectivity index (χ3v) is 4.48. The van der Waals surface area contributed by atoms with Crippen molar-refractivity contribution in [2.75, 3.05) is 19.7 Å². The Morgan fingerprint density at radius 1 is 1.46 bits per heavy atom. The van der Waals surface area contributed by atoms with Gasteiger partial charge in [0.2, 0.25) is 5.91 Å². The number of carbonyl (C=O) groups is 2.